The Bertz CT molecular complexity index is 752. The van der Waals surface area contributed by atoms with E-state index in [9.17, 15) is 9.90 Å². The molecule has 2 aliphatic heterocycles. The van der Waals surface area contributed by atoms with Crippen LogP contribution in [0.5, 0.6) is 0 Å². The van der Waals surface area contributed by atoms with Gasteiger partial charge in [0, 0.05) is 38.3 Å². The first-order valence-electron chi connectivity index (χ1n) is 8.96. The largest absolute Gasteiger partial charge is 0.478 e. The second kappa shape index (κ2) is 6.88. The quantitative estimate of drug-likeness (QED) is 0.922. The van der Waals surface area contributed by atoms with E-state index in [1.807, 2.05) is 18.2 Å². The van der Waals surface area contributed by atoms with Crippen molar-refractivity contribution >= 4 is 11.8 Å². The number of carbonyl (C=O) groups is 1. The zero-order chi connectivity index (χ0) is 17.2. The van der Waals surface area contributed by atoms with Crippen LogP contribution in [0.15, 0.2) is 28.9 Å². The average Bonchev–Trinajstić information content (AvgIpc) is 3.27. The molecule has 0 amide bonds. The Balaban J connectivity index is 1.58. The summed E-state index contributed by atoms with van der Waals surface area (Å²) in [6.07, 6.45) is 5.58. The van der Waals surface area contributed by atoms with E-state index >= 15 is 0 Å². The van der Waals surface area contributed by atoms with E-state index in [0.717, 1.165) is 75.4 Å². The van der Waals surface area contributed by atoms with E-state index in [-0.39, 0.29) is 0 Å². The molecule has 0 aliphatic carbocycles. The van der Waals surface area contributed by atoms with Crippen molar-refractivity contribution in [3.05, 3.63) is 47.0 Å². The number of hydrogen-bond acceptors (Lipinski definition) is 5. The number of rotatable bonds is 4. The molecule has 6 heteroatoms. The smallest absolute Gasteiger partial charge is 0.339 e. The zero-order valence-electron chi connectivity index (χ0n) is 14.3. The fourth-order valence-corrected chi connectivity index (χ4v) is 3.78. The van der Waals surface area contributed by atoms with Gasteiger partial charge in [0.1, 0.15) is 17.1 Å². The standard InChI is InChI=1S/C19H23N3O3/c23-19(24)16-12-14-5-9-21(13-15-4-3-11-25-15)10-6-17(14)20-18(16)22-7-1-2-8-22/h3-4,11-12H,1-2,5-10,13H2,(H,23,24). The predicted molar refractivity (Wildman–Crippen MR) is 94.0 cm³/mol. The van der Waals surface area contributed by atoms with Crippen LogP contribution in [0.4, 0.5) is 5.82 Å². The van der Waals surface area contributed by atoms with Gasteiger partial charge >= 0.3 is 5.97 Å². The van der Waals surface area contributed by atoms with Crippen molar-refractivity contribution in [2.24, 2.45) is 0 Å². The summed E-state index contributed by atoms with van der Waals surface area (Å²) in [5.74, 6) is 0.736. The van der Waals surface area contributed by atoms with Gasteiger partial charge in [-0.25, -0.2) is 9.78 Å². The number of fused-ring (bicyclic) bond motifs is 1. The molecule has 25 heavy (non-hydrogen) atoms. The van der Waals surface area contributed by atoms with E-state index in [4.69, 9.17) is 9.40 Å². The topological polar surface area (TPSA) is 69.8 Å². The summed E-state index contributed by atoms with van der Waals surface area (Å²) < 4.78 is 5.45. The van der Waals surface area contributed by atoms with E-state index < -0.39 is 5.97 Å². The third kappa shape index (κ3) is 3.39. The average molecular weight is 341 g/mol. The van der Waals surface area contributed by atoms with Gasteiger partial charge in [-0.15, -0.1) is 0 Å². The summed E-state index contributed by atoms with van der Waals surface area (Å²) in [5.41, 5.74) is 2.47. The Morgan fingerprint density at radius 1 is 1.20 bits per heavy atom. The maximum Gasteiger partial charge on any atom is 0.339 e. The fourth-order valence-electron chi connectivity index (χ4n) is 3.78. The van der Waals surface area contributed by atoms with Crippen molar-refractivity contribution in [3.8, 4) is 0 Å². The van der Waals surface area contributed by atoms with Gasteiger partial charge in [0.05, 0.1) is 12.8 Å². The van der Waals surface area contributed by atoms with Crippen LogP contribution in [0.25, 0.3) is 0 Å². The lowest BCUT2D eigenvalue weighted by atomic mass is 10.1. The Hall–Kier alpha value is -2.34. The Kier molecular flexibility index (Phi) is 4.44. The number of carboxylic acids is 1. The first-order chi connectivity index (χ1) is 12.2. The van der Waals surface area contributed by atoms with Gasteiger partial charge in [-0.3, -0.25) is 4.90 Å². The second-order valence-electron chi connectivity index (χ2n) is 6.82. The highest BCUT2D eigenvalue weighted by molar-refractivity contribution is 5.93. The molecule has 1 N–H and O–H groups in total. The van der Waals surface area contributed by atoms with Gasteiger partial charge in [0.2, 0.25) is 0 Å². The molecule has 6 nitrogen and oxygen atoms in total. The highest BCUT2D eigenvalue weighted by atomic mass is 16.4. The maximum absolute atomic E-state index is 11.7. The van der Waals surface area contributed by atoms with Gasteiger partial charge in [-0.1, -0.05) is 0 Å². The number of carboxylic acid groups (broad SMARTS) is 1. The lowest BCUT2D eigenvalue weighted by molar-refractivity contribution is 0.0697. The normalized spacial score (nSPS) is 18.2. The molecular weight excluding hydrogens is 318 g/mol. The summed E-state index contributed by atoms with van der Waals surface area (Å²) in [6, 6.07) is 5.75. The van der Waals surface area contributed by atoms with Crippen LogP contribution < -0.4 is 4.90 Å². The van der Waals surface area contributed by atoms with E-state index in [2.05, 4.69) is 9.80 Å². The number of furan rings is 1. The highest BCUT2D eigenvalue weighted by Crippen LogP contribution is 2.27. The van der Waals surface area contributed by atoms with Crippen LogP contribution in [0.2, 0.25) is 0 Å². The van der Waals surface area contributed by atoms with E-state index in [0.29, 0.717) is 11.4 Å². The minimum Gasteiger partial charge on any atom is -0.478 e. The van der Waals surface area contributed by atoms with Crippen molar-refractivity contribution in [1.82, 2.24) is 9.88 Å². The molecule has 2 aromatic rings. The van der Waals surface area contributed by atoms with Crippen molar-refractivity contribution in [3.63, 3.8) is 0 Å². The molecule has 4 rings (SSSR count). The monoisotopic (exact) mass is 341 g/mol. The summed E-state index contributed by atoms with van der Waals surface area (Å²) in [7, 11) is 0. The number of aromatic carboxylic acids is 1. The maximum atomic E-state index is 11.7. The second-order valence-corrected chi connectivity index (χ2v) is 6.82. The first kappa shape index (κ1) is 16.1. The molecule has 2 aromatic heterocycles. The summed E-state index contributed by atoms with van der Waals surface area (Å²) in [5, 5.41) is 9.63. The molecule has 0 bridgehead atoms. The summed E-state index contributed by atoms with van der Waals surface area (Å²) in [6.45, 7) is 4.38. The number of hydrogen-bond donors (Lipinski definition) is 1. The minimum atomic E-state index is -0.881. The molecule has 0 saturated carbocycles. The third-order valence-electron chi connectivity index (χ3n) is 5.13. The molecule has 0 aromatic carbocycles. The Morgan fingerprint density at radius 2 is 2.00 bits per heavy atom. The molecule has 0 atom stereocenters. The summed E-state index contributed by atoms with van der Waals surface area (Å²) >= 11 is 0. The van der Waals surface area contributed by atoms with Crippen molar-refractivity contribution < 1.29 is 14.3 Å². The Labute approximate surface area is 147 Å². The molecule has 1 fully saturated rings. The first-order valence-corrected chi connectivity index (χ1v) is 8.96. The van der Waals surface area contributed by atoms with Crippen molar-refractivity contribution in [1.29, 1.82) is 0 Å². The lowest BCUT2D eigenvalue weighted by Crippen LogP contribution is -2.25. The molecule has 0 unspecified atom stereocenters. The van der Waals surface area contributed by atoms with E-state index in [1.165, 1.54) is 0 Å². The molecule has 1 saturated heterocycles. The minimum absolute atomic E-state index is 0.347. The Morgan fingerprint density at radius 3 is 2.72 bits per heavy atom. The van der Waals surface area contributed by atoms with Gasteiger partial charge in [0.15, 0.2) is 0 Å². The number of nitrogens with zero attached hydrogens (tertiary/aromatic N) is 3. The van der Waals surface area contributed by atoms with Gasteiger partial charge in [-0.2, -0.15) is 0 Å². The van der Waals surface area contributed by atoms with Crippen LogP contribution in [-0.4, -0.2) is 47.1 Å². The van der Waals surface area contributed by atoms with Crippen LogP contribution in [-0.2, 0) is 19.4 Å². The lowest BCUT2D eigenvalue weighted by Gasteiger charge is -2.20. The van der Waals surface area contributed by atoms with Gasteiger partial charge in [-0.05, 0) is 43.0 Å². The van der Waals surface area contributed by atoms with Crippen molar-refractivity contribution in [2.45, 2.75) is 32.2 Å². The molecule has 0 radical (unpaired) electrons. The highest BCUT2D eigenvalue weighted by Gasteiger charge is 2.25. The van der Waals surface area contributed by atoms with Crippen molar-refractivity contribution in [2.75, 3.05) is 31.1 Å². The van der Waals surface area contributed by atoms with Gasteiger partial charge in [0.25, 0.3) is 0 Å². The number of aromatic nitrogens is 1. The van der Waals surface area contributed by atoms with Crippen LogP contribution in [0, 0.1) is 0 Å². The SMILES string of the molecule is O=C(O)c1cc2c(nc1N1CCCC1)CCN(Cc1ccco1)CC2. The van der Waals surface area contributed by atoms with E-state index in [1.54, 1.807) is 6.26 Å². The molecule has 132 valence electrons. The third-order valence-corrected chi connectivity index (χ3v) is 5.13. The van der Waals surface area contributed by atoms with Crippen LogP contribution in [0.3, 0.4) is 0 Å². The molecule has 2 aliphatic rings. The van der Waals surface area contributed by atoms with Crippen LogP contribution in [0.1, 0.15) is 40.2 Å². The van der Waals surface area contributed by atoms with Gasteiger partial charge < -0.3 is 14.4 Å². The summed E-state index contributed by atoms with van der Waals surface area (Å²) in [4.78, 5) is 21.0. The fraction of sp³-hybridized carbons (Fsp3) is 0.474. The zero-order valence-corrected chi connectivity index (χ0v) is 14.3. The molecule has 4 heterocycles. The predicted octanol–water partition coefficient (Wildman–Crippen LogP) is 2.57. The number of pyridine rings is 1. The van der Waals surface area contributed by atoms with Crippen LogP contribution >= 0.6 is 0 Å². The molecular formula is C19H23N3O3. The molecule has 0 spiro atoms. The number of anilines is 1.